The molecule has 1 aromatic heterocycles. The van der Waals surface area contributed by atoms with E-state index >= 15 is 0 Å². The number of ether oxygens (including phenoxy) is 2. The highest BCUT2D eigenvalue weighted by atomic mass is 32.2. The molecule has 0 bridgehead atoms. The van der Waals surface area contributed by atoms with Gasteiger partial charge in [-0.3, -0.25) is 0 Å². The molecule has 4 rings (SSSR count). The molecule has 0 saturated heterocycles. The number of hydrogen-bond donors (Lipinski definition) is 0. The Kier molecular flexibility index (Phi) is 5.58. The number of sulfone groups is 1. The van der Waals surface area contributed by atoms with Gasteiger partial charge in [-0.25, -0.2) is 8.42 Å². The molecule has 0 amide bonds. The van der Waals surface area contributed by atoms with Crippen molar-refractivity contribution in [2.75, 3.05) is 24.5 Å². The van der Waals surface area contributed by atoms with E-state index < -0.39 is 9.84 Å². The van der Waals surface area contributed by atoms with E-state index in [4.69, 9.17) is 9.47 Å². The van der Waals surface area contributed by atoms with Crippen LogP contribution in [0.15, 0.2) is 65.7 Å². The van der Waals surface area contributed by atoms with Crippen LogP contribution in [0.4, 0.5) is 5.69 Å². The molecule has 2 aromatic carbocycles. The highest BCUT2D eigenvalue weighted by molar-refractivity contribution is 7.91. The van der Waals surface area contributed by atoms with Gasteiger partial charge < -0.3 is 14.4 Å². The number of nitrogens with zero attached hydrogens (tertiary/aromatic N) is 1. The fourth-order valence-corrected chi connectivity index (χ4v) is 5.09. The maximum atomic E-state index is 12.3. The molecule has 0 fully saturated rings. The summed E-state index contributed by atoms with van der Waals surface area (Å²) in [5, 5.41) is 0. The van der Waals surface area contributed by atoms with E-state index in [9.17, 15) is 8.42 Å². The zero-order valence-electron chi connectivity index (χ0n) is 17.1. The summed E-state index contributed by atoms with van der Waals surface area (Å²) in [6, 6.07) is 17.4. The van der Waals surface area contributed by atoms with Gasteiger partial charge in [-0.1, -0.05) is 25.1 Å². The minimum Gasteiger partial charge on any atom is -0.495 e. The standard InChI is InChI=1S/C23H23NO4S2/c1-4-30(25,26)19-9-10-21(27-3)20(13-19)24-14-22(28-15-24)17-6-5-7-18(12-17)23-11-8-16(2)29-23/h5-14H,4,15H2,1-3H3. The smallest absolute Gasteiger partial charge is 0.178 e. The van der Waals surface area contributed by atoms with E-state index in [2.05, 4.69) is 31.2 Å². The Labute approximate surface area is 181 Å². The average Bonchev–Trinajstić information content (AvgIpc) is 3.43. The van der Waals surface area contributed by atoms with E-state index in [1.54, 1.807) is 43.6 Å². The number of hydrogen-bond acceptors (Lipinski definition) is 6. The number of anilines is 1. The van der Waals surface area contributed by atoms with Gasteiger partial charge in [0, 0.05) is 15.3 Å². The summed E-state index contributed by atoms with van der Waals surface area (Å²) in [5.41, 5.74) is 2.77. The van der Waals surface area contributed by atoms with Crippen LogP contribution in [0.5, 0.6) is 5.75 Å². The van der Waals surface area contributed by atoms with Crippen LogP contribution in [0.2, 0.25) is 0 Å². The van der Waals surface area contributed by atoms with Crippen molar-refractivity contribution in [1.82, 2.24) is 0 Å². The minimum absolute atomic E-state index is 0.0470. The monoisotopic (exact) mass is 441 g/mol. The van der Waals surface area contributed by atoms with Crippen LogP contribution in [0, 0.1) is 6.92 Å². The van der Waals surface area contributed by atoms with Gasteiger partial charge in [0.2, 0.25) is 0 Å². The van der Waals surface area contributed by atoms with Crippen LogP contribution in [-0.4, -0.2) is 28.0 Å². The zero-order chi connectivity index (χ0) is 21.3. The van der Waals surface area contributed by atoms with Gasteiger partial charge in [0.05, 0.1) is 29.6 Å². The Bertz CT molecular complexity index is 1210. The molecule has 0 unspecified atom stereocenters. The minimum atomic E-state index is -3.32. The maximum Gasteiger partial charge on any atom is 0.178 e. The number of aryl methyl sites for hydroxylation is 1. The quantitative estimate of drug-likeness (QED) is 0.518. The Morgan fingerprint density at radius 1 is 1.10 bits per heavy atom. The zero-order valence-corrected chi connectivity index (χ0v) is 18.7. The topological polar surface area (TPSA) is 55.8 Å². The van der Waals surface area contributed by atoms with Gasteiger partial charge in [0.25, 0.3) is 0 Å². The third kappa shape index (κ3) is 3.95. The summed E-state index contributed by atoms with van der Waals surface area (Å²) in [4.78, 5) is 4.62. The Morgan fingerprint density at radius 3 is 2.60 bits per heavy atom. The fraction of sp³-hybridized carbons (Fsp3) is 0.217. The Balaban J connectivity index is 1.68. The first-order chi connectivity index (χ1) is 14.4. The lowest BCUT2D eigenvalue weighted by Gasteiger charge is -2.18. The average molecular weight is 442 g/mol. The summed E-state index contributed by atoms with van der Waals surface area (Å²) in [7, 11) is -1.75. The number of rotatable bonds is 6. The van der Waals surface area contributed by atoms with Crippen molar-refractivity contribution < 1.29 is 17.9 Å². The van der Waals surface area contributed by atoms with Gasteiger partial charge in [-0.05, 0) is 48.9 Å². The molecule has 0 N–H and O–H groups in total. The van der Waals surface area contributed by atoms with Gasteiger partial charge in [0.1, 0.15) is 11.5 Å². The van der Waals surface area contributed by atoms with Crippen molar-refractivity contribution in [3.05, 3.63) is 71.2 Å². The van der Waals surface area contributed by atoms with E-state index in [1.165, 1.54) is 9.75 Å². The van der Waals surface area contributed by atoms with Crippen LogP contribution >= 0.6 is 11.3 Å². The van der Waals surface area contributed by atoms with E-state index in [1.807, 2.05) is 23.2 Å². The van der Waals surface area contributed by atoms with Gasteiger partial charge in [-0.2, -0.15) is 0 Å². The van der Waals surface area contributed by atoms with Crippen molar-refractivity contribution in [3.63, 3.8) is 0 Å². The molecule has 0 spiro atoms. The lowest BCUT2D eigenvalue weighted by atomic mass is 10.1. The summed E-state index contributed by atoms with van der Waals surface area (Å²) in [6.45, 7) is 4.01. The third-order valence-electron chi connectivity index (χ3n) is 5.00. The fourth-order valence-electron chi connectivity index (χ4n) is 3.32. The second-order valence-electron chi connectivity index (χ2n) is 6.96. The van der Waals surface area contributed by atoms with Crippen LogP contribution in [0.25, 0.3) is 16.2 Å². The van der Waals surface area contributed by atoms with Gasteiger partial charge >= 0.3 is 0 Å². The molecule has 156 valence electrons. The van der Waals surface area contributed by atoms with Crippen LogP contribution in [0.3, 0.4) is 0 Å². The number of thiophene rings is 1. The molecule has 2 heterocycles. The van der Waals surface area contributed by atoms with Gasteiger partial charge in [0.15, 0.2) is 16.6 Å². The number of methoxy groups -OCH3 is 1. The van der Waals surface area contributed by atoms with Crippen LogP contribution in [0.1, 0.15) is 17.4 Å². The molecule has 30 heavy (non-hydrogen) atoms. The van der Waals surface area contributed by atoms with Crippen molar-refractivity contribution in [3.8, 4) is 16.2 Å². The van der Waals surface area contributed by atoms with Crippen LogP contribution < -0.4 is 9.64 Å². The van der Waals surface area contributed by atoms with E-state index in [0.717, 1.165) is 16.9 Å². The predicted octanol–water partition coefficient (Wildman–Crippen LogP) is 5.32. The van der Waals surface area contributed by atoms with Crippen molar-refractivity contribution >= 4 is 32.6 Å². The largest absolute Gasteiger partial charge is 0.495 e. The summed E-state index contributed by atoms with van der Waals surface area (Å²) >= 11 is 1.76. The summed E-state index contributed by atoms with van der Waals surface area (Å²) in [5.74, 6) is 1.37. The lowest BCUT2D eigenvalue weighted by molar-refractivity contribution is 0.306. The normalized spacial score (nSPS) is 13.8. The molecule has 0 saturated carbocycles. The molecular formula is C23H23NO4S2. The van der Waals surface area contributed by atoms with Crippen LogP contribution in [-0.2, 0) is 14.6 Å². The van der Waals surface area contributed by atoms with Gasteiger partial charge in [-0.15, -0.1) is 11.3 Å². The maximum absolute atomic E-state index is 12.3. The Hall–Kier alpha value is -2.77. The van der Waals surface area contributed by atoms with E-state index in [0.29, 0.717) is 11.4 Å². The first kappa shape index (κ1) is 20.5. The van der Waals surface area contributed by atoms with Crippen molar-refractivity contribution in [1.29, 1.82) is 0 Å². The highest BCUT2D eigenvalue weighted by Crippen LogP contribution is 2.36. The first-order valence-corrected chi connectivity index (χ1v) is 12.1. The Morgan fingerprint density at radius 2 is 1.90 bits per heavy atom. The summed E-state index contributed by atoms with van der Waals surface area (Å²) in [6.07, 6.45) is 1.89. The number of benzene rings is 2. The van der Waals surface area contributed by atoms with E-state index in [-0.39, 0.29) is 17.4 Å². The molecule has 1 aliphatic rings. The van der Waals surface area contributed by atoms with Crippen molar-refractivity contribution in [2.45, 2.75) is 18.7 Å². The summed E-state index contributed by atoms with van der Waals surface area (Å²) < 4.78 is 36.0. The molecule has 5 nitrogen and oxygen atoms in total. The molecule has 1 aliphatic heterocycles. The third-order valence-corrected chi connectivity index (χ3v) is 7.79. The molecule has 3 aromatic rings. The molecule has 0 atom stereocenters. The second kappa shape index (κ2) is 8.16. The lowest BCUT2D eigenvalue weighted by Crippen LogP contribution is -2.15. The molecule has 7 heteroatoms. The SMILES string of the molecule is CCS(=O)(=O)c1ccc(OC)c(N2C=C(c3cccc(-c4ccc(C)s4)c3)OC2)c1. The predicted molar refractivity (Wildman–Crippen MR) is 122 cm³/mol. The second-order valence-corrected chi connectivity index (χ2v) is 10.5. The molecular weight excluding hydrogens is 418 g/mol. The first-order valence-electron chi connectivity index (χ1n) is 9.60. The van der Waals surface area contributed by atoms with Crippen molar-refractivity contribution in [2.24, 2.45) is 0 Å². The highest BCUT2D eigenvalue weighted by Gasteiger charge is 2.22. The molecule has 0 aliphatic carbocycles. The molecule has 0 radical (unpaired) electrons.